The normalized spacial score (nSPS) is 14.9. The fourth-order valence-corrected chi connectivity index (χ4v) is 4.93. The van der Waals surface area contributed by atoms with E-state index in [0.717, 1.165) is 50.3 Å². The summed E-state index contributed by atoms with van der Waals surface area (Å²) in [7, 11) is 1.63. The molecular weight excluding hydrogens is 490 g/mol. The third-order valence-electron chi connectivity index (χ3n) is 6.87. The Morgan fingerprint density at radius 1 is 0.897 bits per heavy atom. The first-order valence-electron chi connectivity index (χ1n) is 12.6. The molecule has 2 heterocycles. The number of rotatable bonds is 6. The van der Waals surface area contributed by atoms with E-state index in [1.54, 1.807) is 24.3 Å². The maximum Gasteiger partial charge on any atom is 0.269 e. The number of nitrogens with zero attached hydrogens (tertiary/aromatic N) is 5. The van der Waals surface area contributed by atoms with E-state index in [1.807, 2.05) is 79.7 Å². The molecule has 8 nitrogen and oxygen atoms in total. The lowest BCUT2D eigenvalue weighted by Gasteiger charge is -2.23. The van der Waals surface area contributed by atoms with E-state index in [9.17, 15) is 10.1 Å². The first kappa shape index (κ1) is 24.2. The monoisotopic (exact) mass is 515 g/mol. The highest BCUT2D eigenvalue weighted by Crippen LogP contribution is 2.38. The smallest absolute Gasteiger partial charge is 0.269 e. The Hall–Kier alpha value is -5.11. The Labute approximate surface area is 225 Å². The van der Waals surface area contributed by atoms with Gasteiger partial charge in [0.2, 0.25) is 5.95 Å². The number of ether oxygens (including phenoxy) is 1. The molecule has 0 bridgehead atoms. The molecule has 1 aromatic heterocycles. The Balaban J connectivity index is 1.54. The number of hydrogen-bond acceptors (Lipinski definition) is 7. The maximum atomic E-state index is 11.6. The number of nitro groups is 1. The zero-order valence-corrected chi connectivity index (χ0v) is 21.5. The van der Waals surface area contributed by atoms with Gasteiger partial charge >= 0.3 is 0 Å². The van der Waals surface area contributed by atoms with E-state index < -0.39 is 0 Å². The number of hydrazone groups is 1. The van der Waals surface area contributed by atoms with Gasteiger partial charge in [0.25, 0.3) is 5.69 Å². The lowest BCUT2D eigenvalue weighted by molar-refractivity contribution is -0.384. The summed E-state index contributed by atoms with van der Waals surface area (Å²) in [4.78, 5) is 21.2. The minimum Gasteiger partial charge on any atom is -0.497 e. The van der Waals surface area contributed by atoms with Crippen LogP contribution in [0, 0.1) is 17.0 Å². The van der Waals surface area contributed by atoms with Crippen LogP contribution in [0.4, 0.5) is 11.6 Å². The number of nitro benzene ring substituents is 1. The molecule has 1 aliphatic rings. The molecule has 0 unspecified atom stereocenters. The van der Waals surface area contributed by atoms with E-state index >= 15 is 0 Å². The van der Waals surface area contributed by atoms with Crippen molar-refractivity contribution in [2.45, 2.75) is 19.4 Å². The van der Waals surface area contributed by atoms with Crippen molar-refractivity contribution in [2.75, 3.05) is 12.1 Å². The van der Waals surface area contributed by atoms with E-state index in [-0.39, 0.29) is 16.7 Å². The first-order chi connectivity index (χ1) is 19.0. The summed E-state index contributed by atoms with van der Waals surface area (Å²) < 4.78 is 5.43. The van der Waals surface area contributed by atoms with Crippen molar-refractivity contribution in [3.8, 4) is 17.0 Å². The van der Waals surface area contributed by atoms with Crippen molar-refractivity contribution >= 4 is 28.3 Å². The third-order valence-corrected chi connectivity index (χ3v) is 6.87. The molecule has 0 aliphatic carbocycles. The standard InChI is InChI=1S/C31H25N5O3/c1-20-14-15-27-26(16-20)30(21-8-4-3-5-9-21)33-31(32-27)35-29(23-11-6-12-24(17-23)36(37)38)19-28(34-35)22-10-7-13-25(18-22)39-2/h3-18,29H,19H2,1-2H3/t29-/m0/s1. The molecule has 192 valence electrons. The number of fused-ring (bicyclic) bond motifs is 1. The van der Waals surface area contributed by atoms with Crippen LogP contribution >= 0.6 is 0 Å². The van der Waals surface area contributed by atoms with Gasteiger partial charge in [-0.1, -0.05) is 66.2 Å². The van der Waals surface area contributed by atoms with Gasteiger partial charge in [0.1, 0.15) is 5.75 Å². The van der Waals surface area contributed by atoms with Crippen molar-refractivity contribution in [2.24, 2.45) is 5.10 Å². The molecule has 0 N–H and O–H groups in total. The number of hydrogen-bond donors (Lipinski definition) is 0. The van der Waals surface area contributed by atoms with Crippen LogP contribution in [0.3, 0.4) is 0 Å². The lowest BCUT2D eigenvalue weighted by Crippen LogP contribution is -2.21. The van der Waals surface area contributed by atoms with Gasteiger partial charge < -0.3 is 4.74 Å². The summed E-state index contributed by atoms with van der Waals surface area (Å²) in [6.07, 6.45) is 0.518. The summed E-state index contributed by atoms with van der Waals surface area (Å²) in [6.45, 7) is 2.05. The lowest BCUT2D eigenvalue weighted by atomic mass is 9.98. The zero-order valence-electron chi connectivity index (χ0n) is 21.5. The Kier molecular flexibility index (Phi) is 6.20. The van der Waals surface area contributed by atoms with Gasteiger partial charge in [-0.3, -0.25) is 10.1 Å². The molecule has 39 heavy (non-hydrogen) atoms. The Morgan fingerprint density at radius 3 is 2.49 bits per heavy atom. The van der Waals surface area contributed by atoms with Crippen LogP contribution in [0.25, 0.3) is 22.2 Å². The van der Waals surface area contributed by atoms with Crippen molar-refractivity contribution in [1.29, 1.82) is 0 Å². The number of benzene rings is 4. The molecule has 4 aromatic carbocycles. The van der Waals surface area contributed by atoms with Gasteiger partial charge in [-0.2, -0.15) is 5.10 Å². The Bertz CT molecular complexity index is 1740. The molecule has 6 rings (SSSR count). The predicted octanol–water partition coefficient (Wildman–Crippen LogP) is 6.88. The molecule has 0 radical (unpaired) electrons. The van der Waals surface area contributed by atoms with Crippen molar-refractivity contribution in [3.05, 3.63) is 124 Å². The van der Waals surface area contributed by atoms with Crippen molar-refractivity contribution < 1.29 is 9.66 Å². The average molecular weight is 516 g/mol. The van der Waals surface area contributed by atoms with Crippen LogP contribution in [0.15, 0.2) is 102 Å². The van der Waals surface area contributed by atoms with Gasteiger partial charge in [-0.25, -0.2) is 15.0 Å². The predicted molar refractivity (Wildman–Crippen MR) is 152 cm³/mol. The van der Waals surface area contributed by atoms with Gasteiger partial charge in [0.05, 0.1) is 35.0 Å². The van der Waals surface area contributed by atoms with Gasteiger partial charge in [0.15, 0.2) is 0 Å². The summed E-state index contributed by atoms with van der Waals surface area (Å²) in [5.74, 6) is 1.16. The van der Waals surface area contributed by atoms with E-state index in [1.165, 1.54) is 6.07 Å². The average Bonchev–Trinajstić information content (AvgIpc) is 3.43. The van der Waals surface area contributed by atoms with E-state index in [2.05, 4.69) is 6.07 Å². The molecule has 8 heteroatoms. The molecule has 0 spiro atoms. The second-order valence-electron chi connectivity index (χ2n) is 9.45. The highest BCUT2D eigenvalue weighted by atomic mass is 16.6. The number of methoxy groups -OCH3 is 1. The molecule has 0 saturated heterocycles. The zero-order chi connectivity index (χ0) is 26.9. The SMILES string of the molecule is COc1cccc(C2=NN(c3nc(-c4ccccc4)c4cc(C)ccc4n3)[C@H](c3cccc([N+](=O)[O-])c3)C2)c1. The van der Waals surface area contributed by atoms with Crippen LogP contribution in [0.1, 0.15) is 29.2 Å². The van der Waals surface area contributed by atoms with Crippen LogP contribution in [0.5, 0.6) is 5.75 Å². The van der Waals surface area contributed by atoms with Crippen LogP contribution in [-0.2, 0) is 0 Å². The molecule has 1 atom stereocenters. The van der Waals surface area contributed by atoms with Gasteiger partial charge in [-0.15, -0.1) is 0 Å². The van der Waals surface area contributed by atoms with Gasteiger partial charge in [0, 0.05) is 35.1 Å². The van der Waals surface area contributed by atoms with Crippen LogP contribution in [-0.4, -0.2) is 27.7 Å². The third kappa shape index (κ3) is 4.68. The highest BCUT2D eigenvalue weighted by molar-refractivity contribution is 6.03. The highest BCUT2D eigenvalue weighted by Gasteiger charge is 2.33. The quantitative estimate of drug-likeness (QED) is 0.181. The maximum absolute atomic E-state index is 11.6. The summed E-state index contributed by atoms with van der Waals surface area (Å²) in [6, 6.07) is 30.2. The van der Waals surface area contributed by atoms with Gasteiger partial charge in [-0.05, 0) is 36.8 Å². The van der Waals surface area contributed by atoms with Crippen molar-refractivity contribution in [1.82, 2.24) is 9.97 Å². The Morgan fingerprint density at radius 2 is 1.69 bits per heavy atom. The fourth-order valence-electron chi connectivity index (χ4n) is 4.93. The summed E-state index contributed by atoms with van der Waals surface area (Å²) >= 11 is 0. The van der Waals surface area contributed by atoms with E-state index in [0.29, 0.717) is 12.4 Å². The minimum atomic E-state index is -0.380. The number of non-ortho nitro benzene ring substituents is 1. The molecule has 0 amide bonds. The molecular formula is C31H25N5O3. The molecule has 0 fully saturated rings. The van der Waals surface area contributed by atoms with Crippen LogP contribution < -0.4 is 9.75 Å². The van der Waals surface area contributed by atoms with Crippen molar-refractivity contribution in [3.63, 3.8) is 0 Å². The number of aromatic nitrogens is 2. The minimum absolute atomic E-state index is 0.0298. The summed E-state index contributed by atoms with van der Waals surface area (Å²) in [5.41, 5.74) is 6.22. The fraction of sp³-hybridized carbons (Fsp3) is 0.129. The number of aryl methyl sites for hydroxylation is 1. The molecule has 5 aromatic rings. The largest absolute Gasteiger partial charge is 0.497 e. The summed E-state index contributed by atoms with van der Waals surface area (Å²) in [5, 5.41) is 19.3. The second-order valence-corrected chi connectivity index (χ2v) is 9.45. The number of anilines is 1. The van der Waals surface area contributed by atoms with Crippen LogP contribution in [0.2, 0.25) is 0 Å². The van der Waals surface area contributed by atoms with E-state index in [4.69, 9.17) is 19.8 Å². The second kappa shape index (κ2) is 9.98. The molecule has 1 aliphatic heterocycles. The molecule has 0 saturated carbocycles. The topological polar surface area (TPSA) is 93.8 Å². The first-order valence-corrected chi connectivity index (χ1v) is 12.6.